The van der Waals surface area contributed by atoms with Crippen molar-refractivity contribution < 1.29 is 9.84 Å². The molecule has 0 bridgehead atoms. The number of benzene rings is 1. The van der Waals surface area contributed by atoms with E-state index < -0.39 is 0 Å². The maximum absolute atomic E-state index is 8.87. The Morgan fingerprint density at radius 2 is 2.24 bits per heavy atom. The molecule has 0 saturated carbocycles. The summed E-state index contributed by atoms with van der Waals surface area (Å²) in [4.78, 5) is 0. The molecule has 0 aliphatic carbocycles. The van der Waals surface area contributed by atoms with Gasteiger partial charge in [-0.2, -0.15) is 5.10 Å². The van der Waals surface area contributed by atoms with Crippen molar-refractivity contribution in [3.05, 3.63) is 30.3 Å². The largest absolute Gasteiger partial charge is 0.497 e. The van der Waals surface area contributed by atoms with Crippen molar-refractivity contribution in [2.24, 2.45) is 0 Å². The van der Waals surface area contributed by atoms with Crippen molar-refractivity contribution >= 4 is 5.82 Å². The minimum absolute atomic E-state index is 0.0173. The van der Waals surface area contributed by atoms with Crippen molar-refractivity contribution in [3.8, 4) is 17.0 Å². The minimum atomic E-state index is 0.0173. The molecule has 0 saturated heterocycles. The minimum Gasteiger partial charge on any atom is -0.497 e. The lowest BCUT2D eigenvalue weighted by Crippen LogP contribution is -2.07. The molecule has 5 nitrogen and oxygen atoms in total. The molecule has 0 amide bonds. The fraction of sp³-hybridized carbons (Fsp3) is 0.250. The summed E-state index contributed by atoms with van der Waals surface area (Å²) in [5.74, 6) is 1.31. The van der Waals surface area contributed by atoms with Crippen LogP contribution in [0.15, 0.2) is 30.3 Å². The van der Waals surface area contributed by atoms with Crippen LogP contribution in [0.25, 0.3) is 11.3 Å². The molecule has 1 aromatic heterocycles. The predicted octanol–water partition coefficient (Wildman–Crippen LogP) is 1.13. The first-order valence-electron chi connectivity index (χ1n) is 5.33. The van der Waals surface area contributed by atoms with Crippen LogP contribution in [0.1, 0.15) is 0 Å². The van der Waals surface area contributed by atoms with Crippen LogP contribution in [0.2, 0.25) is 0 Å². The number of ether oxygens (including phenoxy) is 1. The Bertz CT molecular complexity index is 508. The molecule has 0 aliphatic heterocycles. The summed E-state index contributed by atoms with van der Waals surface area (Å²) in [5.41, 5.74) is 7.50. The van der Waals surface area contributed by atoms with Gasteiger partial charge in [0.1, 0.15) is 11.6 Å². The molecule has 2 aromatic rings. The van der Waals surface area contributed by atoms with Crippen molar-refractivity contribution in [2.75, 3.05) is 19.5 Å². The fourth-order valence-corrected chi connectivity index (χ4v) is 1.63. The van der Waals surface area contributed by atoms with Crippen LogP contribution in [0, 0.1) is 0 Å². The highest BCUT2D eigenvalue weighted by molar-refractivity contribution is 5.63. The number of anilines is 1. The summed E-state index contributed by atoms with van der Waals surface area (Å²) in [6, 6.07) is 9.38. The van der Waals surface area contributed by atoms with Gasteiger partial charge in [-0.05, 0) is 12.1 Å². The number of aliphatic hydroxyl groups excluding tert-OH is 1. The van der Waals surface area contributed by atoms with Crippen LogP contribution in [-0.2, 0) is 6.54 Å². The van der Waals surface area contributed by atoms with Gasteiger partial charge >= 0.3 is 0 Å². The highest BCUT2D eigenvalue weighted by Crippen LogP contribution is 2.24. The fourth-order valence-electron chi connectivity index (χ4n) is 1.63. The number of aliphatic hydroxyl groups is 1. The second-order valence-corrected chi connectivity index (χ2v) is 3.63. The molecule has 3 N–H and O–H groups in total. The lowest BCUT2D eigenvalue weighted by Gasteiger charge is -2.01. The van der Waals surface area contributed by atoms with E-state index in [2.05, 4.69) is 5.10 Å². The Morgan fingerprint density at radius 3 is 2.94 bits per heavy atom. The quantitative estimate of drug-likeness (QED) is 0.830. The zero-order chi connectivity index (χ0) is 12.3. The predicted molar refractivity (Wildman–Crippen MR) is 65.7 cm³/mol. The topological polar surface area (TPSA) is 73.3 Å². The van der Waals surface area contributed by atoms with E-state index in [9.17, 15) is 0 Å². The normalized spacial score (nSPS) is 10.5. The second kappa shape index (κ2) is 4.88. The molecule has 0 radical (unpaired) electrons. The molecule has 2 rings (SSSR count). The van der Waals surface area contributed by atoms with E-state index >= 15 is 0 Å². The highest BCUT2D eigenvalue weighted by atomic mass is 16.5. The smallest absolute Gasteiger partial charge is 0.122 e. The molecule has 90 valence electrons. The summed E-state index contributed by atoms with van der Waals surface area (Å²) in [7, 11) is 1.62. The number of nitrogen functional groups attached to an aromatic ring is 1. The van der Waals surface area contributed by atoms with Crippen LogP contribution in [0.3, 0.4) is 0 Å². The molecule has 0 atom stereocenters. The third kappa shape index (κ3) is 2.39. The van der Waals surface area contributed by atoms with Crippen LogP contribution < -0.4 is 10.5 Å². The van der Waals surface area contributed by atoms with Gasteiger partial charge in [0.15, 0.2) is 0 Å². The van der Waals surface area contributed by atoms with Gasteiger partial charge in [-0.1, -0.05) is 12.1 Å². The molecular weight excluding hydrogens is 218 g/mol. The molecule has 1 heterocycles. The van der Waals surface area contributed by atoms with Crippen LogP contribution >= 0.6 is 0 Å². The number of hydrogen-bond donors (Lipinski definition) is 2. The zero-order valence-corrected chi connectivity index (χ0v) is 9.63. The molecule has 1 aromatic carbocycles. The first-order chi connectivity index (χ1) is 8.24. The molecule has 0 spiro atoms. The number of rotatable bonds is 4. The SMILES string of the molecule is COc1cccc(-c2cc(N)n(CCO)n2)c1. The Hall–Kier alpha value is -2.01. The van der Waals surface area contributed by atoms with Crippen LogP contribution in [0.5, 0.6) is 5.75 Å². The Kier molecular flexibility index (Phi) is 3.30. The molecule has 0 unspecified atom stereocenters. The van der Waals surface area contributed by atoms with Gasteiger partial charge in [-0.15, -0.1) is 0 Å². The van der Waals surface area contributed by atoms with E-state index in [-0.39, 0.29) is 6.61 Å². The summed E-state index contributed by atoms with van der Waals surface area (Å²) in [6.07, 6.45) is 0. The second-order valence-electron chi connectivity index (χ2n) is 3.63. The number of hydrogen-bond acceptors (Lipinski definition) is 4. The van der Waals surface area contributed by atoms with E-state index in [4.69, 9.17) is 15.6 Å². The van der Waals surface area contributed by atoms with Gasteiger partial charge in [-0.25, -0.2) is 4.68 Å². The first-order valence-corrected chi connectivity index (χ1v) is 5.33. The summed E-state index contributed by atoms with van der Waals surface area (Å²) in [5, 5.41) is 13.2. The number of methoxy groups -OCH3 is 1. The Morgan fingerprint density at radius 1 is 1.41 bits per heavy atom. The number of nitrogens with two attached hydrogens (primary N) is 1. The number of aromatic nitrogens is 2. The average molecular weight is 233 g/mol. The van der Waals surface area contributed by atoms with E-state index in [0.717, 1.165) is 17.0 Å². The van der Waals surface area contributed by atoms with Gasteiger partial charge in [0, 0.05) is 11.6 Å². The third-order valence-corrected chi connectivity index (χ3v) is 2.49. The molecule has 17 heavy (non-hydrogen) atoms. The van der Waals surface area contributed by atoms with Gasteiger partial charge in [-0.3, -0.25) is 0 Å². The molecular formula is C12H15N3O2. The van der Waals surface area contributed by atoms with Crippen LogP contribution in [-0.4, -0.2) is 28.6 Å². The third-order valence-electron chi connectivity index (χ3n) is 2.49. The van der Waals surface area contributed by atoms with Crippen molar-refractivity contribution in [1.82, 2.24) is 9.78 Å². The van der Waals surface area contributed by atoms with Crippen molar-refractivity contribution in [3.63, 3.8) is 0 Å². The Labute approximate surface area is 99.4 Å². The van der Waals surface area contributed by atoms with E-state index in [1.165, 1.54) is 0 Å². The van der Waals surface area contributed by atoms with E-state index in [1.54, 1.807) is 17.9 Å². The lowest BCUT2D eigenvalue weighted by atomic mass is 10.1. The standard InChI is InChI=1S/C12H15N3O2/c1-17-10-4-2-3-9(7-10)11-8-12(13)15(14-11)5-6-16/h2-4,7-8,16H,5-6,13H2,1H3. The maximum Gasteiger partial charge on any atom is 0.122 e. The lowest BCUT2D eigenvalue weighted by molar-refractivity contribution is 0.270. The molecule has 0 fully saturated rings. The van der Waals surface area contributed by atoms with Gasteiger partial charge < -0.3 is 15.6 Å². The van der Waals surface area contributed by atoms with Gasteiger partial charge in [0.05, 0.1) is 26.0 Å². The average Bonchev–Trinajstić information content (AvgIpc) is 2.72. The summed E-state index contributed by atoms with van der Waals surface area (Å²) >= 11 is 0. The highest BCUT2D eigenvalue weighted by Gasteiger charge is 2.07. The van der Waals surface area contributed by atoms with Gasteiger partial charge in [0.25, 0.3) is 0 Å². The zero-order valence-electron chi connectivity index (χ0n) is 9.63. The first kappa shape index (κ1) is 11.5. The van der Waals surface area contributed by atoms with E-state index in [0.29, 0.717) is 12.4 Å². The van der Waals surface area contributed by atoms with Crippen molar-refractivity contribution in [2.45, 2.75) is 6.54 Å². The van der Waals surface area contributed by atoms with Crippen molar-refractivity contribution in [1.29, 1.82) is 0 Å². The summed E-state index contributed by atoms with van der Waals surface area (Å²) in [6.45, 7) is 0.416. The van der Waals surface area contributed by atoms with E-state index in [1.807, 2.05) is 24.3 Å². The maximum atomic E-state index is 8.87. The summed E-state index contributed by atoms with van der Waals surface area (Å²) < 4.78 is 6.73. The molecule has 0 aliphatic rings. The van der Waals surface area contributed by atoms with Crippen LogP contribution in [0.4, 0.5) is 5.82 Å². The molecule has 5 heteroatoms. The number of nitrogens with zero attached hydrogens (tertiary/aromatic N) is 2. The Balaban J connectivity index is 2.35. The monoisotopic (exact) mass is 233 g/mol. The van der Waals surface area contributed by atoms with Gasteiger partial charge in [0.2, 0.25) is 0 Å².